The molecule has 0 fully saturated rings. The number of carbonyl (C=O) groups is 1. The molecule has 0 radical (unpaired) electrons. The van der Waals surface area contributed by atoms with Gasteiger partial charge in [-0.3, -0.25) is 4.79 Å². The quantitative estimate of drug-likeness (QED) is 0.558. The summed E-state index contributed by atoms with van der Waals surface area (Å²) in [6.45, 7) is 9.66. The predicted octanol–water partition coefficient (Wildman–Crippen LogP) is 3.56. The molecule has 1 atom stereocenters. The van der Waals surface area contributed by atoms with Gasteiger partial charge in [-0.2, -0.15) is 0 Å². The van der Waals surface area contributed by atoms with Crippen molar-refractivity contribution in [3.05, 3.63) is 34.9 Å². The Bertz CT molecular complexity index is 443. The first-order chi connectivity index (χ1) is 10.1. The van der Waals surface area contributed by atoms with E-state index in [1.54, 1.807) is 0 Å². The SMILES string of the molecule is CCCCNC(CC(=O)OCC)Cc1ccc(C)cc1C. The van der Waals surface area contributed by atoms with Crippen LogP contribution < -0.4 is 5.32 Å². The van der Waals surface area contributed by atoms with Gasteiger partial charge in [-0.15, -0.1) is 0 Å². The Kier molecular flexibility index (Phi) is 8.06. The van der Waals surface area contributed by atoms with Crippen LogP contribution in [0.4, 0.5) is 0 Å². The molecule has 0 bridgehead atoms. The highest BCUT2D eigenvalue weighted by atomic mass is 16.5. The van der Waals surface area contributed by atoms with E-state index in [4.69, 9.17) is 4.74 Å². The van der Waals surface area contributed by atoms with Crippen LogP contribution in [0, 0.1) is 13.8 Å². The van der Waals surface area contributed by atoms with Crippen LogP contribution in [0.2, 0.25) is 0 Å². The van der Waals surface area contributed by atoms with E-state index in [-0.39, 0.29) is 12.0 Å². The molecule has 0 amide bonds. The van der Waals surface area contributed by atoms with Crippen molar-refractivity contribution in [1.82, 2.24) is 5.32 Å². The minimum atomic E-state index is -0.115. The minimum absolute atomic E-state index is 0.115. The Labute approximate surface area is 129 Å². The summed E-state index contributed by atoms with van der Waals surface area (Å²) in [5, 5.41) is 3.50. The molecule has 1 aromatic rings. The number of ether oxygens (including phenoxy) is 1. The molecule has 0 heterocycles. The summed E-state index contributed by atoms with van der Waals surface area (Å²) in [5.74, 6) is -0.115. The Morgan fingerprint density at radius 1 is 1.29 bits per heavy atom. The fourth-order valence-electron chi connectivity index (χ4n) is 2.46. The monoisotopic (exact) mass is 291 g/mol. The van der Waals surface area contributed by atoms with Crippen molar-refractivity contribution in [2.75, 3.05) is 13.2 Å². The molecular weight excluding hydrogens is 262 g/mol. The highest BCUT2D eigenvalue weighted by molar-refractivity contribution is 5.70. The molecule has 1 aromatic carbocycles. The van der Waals surface area contributed by atoms with Crippen molar-refractivity contribution in [3.8, 4) is 0 Å². The largest absolute Gasteiger partial charge is 0.466 e. The van der Waals surface area contributed by atoms with Crippen LogP contribution in [0.1, 0.15) is 49.8 Å². The topological polar surface area (TPSA) is 38.3 Å². The average molecular weight is 291 g/mol. The van der Waals surface area contributed by atoms with Crippen LogP contribution in [0.5, 0.6) is 0 Å². The van der Waals surface area contributed by atoms with Crippen LogP contribution in [-0.4, -0.2) is 25.2 Å². The van der Waals surface area contributed by atoms with Gasteiger partial charge in [0.25, 0.3) is 0 Å². The maximum absolute atomic E-state index is 11.8. The lowest BCUT2D eigenvalue weighted by Crippen LogP contribution is -2.34. The van der Waals surface area contributed by atoms with E-state index in [1.165, 1.54) is 16.7 Å². The van der Waals surface area contributed by atoms with Crippen molar-refractivity contribution in [2.45, 2.75) is 59.4 Å². The first-order valence-corrected chi connectivity index (χ1v) is 8.02. The molecule has 0 spiro atoms. The molecule has 1 N–H and O–H groups in total. The molecular formula is C18H29NO2. The molecule has 3 nitrogen and oxygen atoms in total. The first-order valence-electron chi connectivity index (χ1n) is 8.02. The molecule has 0 aromatic heterocycles. The highest BCUT2D eigenvalue weighted by Crippen LogP contribution is 2.14. The summed E-state index contributed by atoms with van der Waals surface area (Å²) >= 11 is 0. The van der Waals surface area contributed by atoms with Gasteiger partial charge < -0.3 is 10.1 Å². The molecule has 1 rings (SSSR count). The summed E-state index contributed by atoms with van der Waals surface area (Å²) in [6, 6.07) is 6.65. The van der Waals surface area contributed by atoms with Gasteiger partial charge in [-0.1, -0.05) is 37.1 Å². The van der Waals surface area contributed by atoms with Gasteiger partial charge in [0.15, 0.2) is 0 Å². The van der Waals surface area contributed by atoms with Gasteiger partial charge in [0.2, 0.25) is 0 Å². The molecule has 21 heavy (non-hydrogen) atoms. The van der Waals surface area contributed by atoms with Crippen LogP contribution in [0.3, 0.4) is 0 Å². The van der Waals surface area contributed by atoms with Crippen molar-refractivity contribution in [1.29, 1.82) is 0 Å². The number of nitrogens with one attached hydrogen (secondary N) is 1. The van der Waals surface area contributed by atoms with E-state index in [0.29, 0.717) is 13.0 Å². The Morgan fingerprint density at radius 3 is 2.67 bits per heavy atom. The third kappa shape index (κ3) is 6.76. The maximum atomic E-state index is 11.8. The van der Waals surface area contributed by atoms with Gasteiger partial charge in [0, 0.05) is 6.04 Å². The number of unbranched alkanes of at least 4 members (excludes halogenated alkanes) is 1. The second-order valence-electron chi connectivity index (χ2n) is 5.65. The summed E-state index contributed by atoms with van der Waals surface area (Å²) in [5.41, 5.74) is 3.87. The van der Waals surface area contributed by atoms with Crippen molar-refractivity contribution < 1.29 is 9.53 Å². The Balaban J connectivity index is 2.68. The van der Waals surface area contributed by atoms with E-state index in [1.807, 2.05) is 6.92 Å². The summed E-state index contributed by atoms with van der Waals surface area (Å²) in [6.07, 6.45) is 3.59. The molecule has 118 valence electrons. The standard InChI is InChI=1S/C18H29NO2/c1-5-7-10-19-17(13-18(20)21-6-2)12-16-9-8-14(3)11-15(16)4/h8-9,11,17,19H,5-7,10,12-13H2,1-4H3. The third-order valence-corrected chi connectivity index (χ3v) is 3.65. The second kappa shape index (κ2) is 9.56. The number of rotatable bonds is 9. The summed E-state index contributed by atoms with van der Waals surface area (Å²) in [7, 11) is 0. The van der Waals surface area contributed by atoms with Gasteiger partial charge in [0.05, 0.1) is 13.0 Å². The lowest BCUT2D eigenvalue weighted by atomic mass is 9.97. The molecule has 0 saturated carbocycles. The van der Waals surface area contributed by atoms with E-state index in [0.717, 1.165) is 25.8 Å². The zero-order valence-corrected chi connectivity index (χ0v) is 13.9. The molecule has 0 aliphatic heterocycles. The number of carbonyl (C=O) groups excluding carboxylic acids is 1. The minimum Gasteiger partial charge on any atom is -0.466 e. The van der Waals surface area contributed by atoms with Crippen molar-refractivity contribution in [3.63, 3.8) is 0 Å². The predicted molar refractivity (Wildman–Crippen MR) is 87.6 cm³/mol. The molecule has 0 aliphatic carbocycles. The lowest BCUT2D eigenvalue weighted by Gasteiger charge is -2.19. The Morgan fingerprint density at radius 2 is 2.05 bits per heavy atom. The maximum Gasteiger partial charge on any atom is 0.307 e. The fraction of sp³-hybridized carbons (Fsp3) is 0.611. The van der Waals surface area contributed by atoms with Gasteiger partial charge >= 0.3 is 5.97 Å². The second-order valence-corrected chi connectivity index (χ2v) is 5.65. The summed E-state index contributed by atoms with van der Waals surface area (Å²) in [4.78, 5) is 11.8. The van der Waals surface area contributed by atoms with Crippen LogP contribution in [-0.2, 0) is 16.0 Å². The molecule has 1 unspecified atom stereocenters. The average Bonchev–Trinajstić information content (AvgIpc) is 2.42. The van der Waals surface area contributed by atoms with E-state index in [2.05, 4.69) is 44.3 Å². The smallest absolute Gasteiger partial charge is 0.307 e. The normalized spacial score (nSPS) is 12.2. The lowest BCUT2D eigenvalue weighted by molar-refractivity contribution is -0.143. The van der Waals surface area contributed by atoms with E-state index >= 15 is 0 Å². The van der Waals surface area contributed by atoms with Gasteiger partial charge in [0.1, 0.15) is 0 Å². The zero-order chi connectivity index (χ0) is 15.7. The molecule has 3 heteroatoms. The summed E-state index contributed by atoms with van der Waals surface area (Å²) < 4.78 is 5.09. The molecule has 0 aliphatic rings. The van der Waals surface area contributed by atoms with Crippen LogP contribution >= 0.6 is 0 Å². The van der Waals surface area contributed by atoms with Gasteiger partial charge in [-0.25, -0.2) is 0 Å². The van der Waals surface area contributed by atoms with Crippen LogP contribution in [0.25, 0.3) is 0 Å². The number of hydrogen-bond donors (Lipinski definition) is 1. The number of benzene rings is 1. The molecule has 0 saturated heterocycles. The van der Waals surface area contributed by atoms with Crippen LogP contribution in [0.15, 0.2) is 18.2 Å². The third-order valence-electron chi connectivity index (χ3n) is 3.65. The number of hydrogen-bond acceptors (Lipinski definition) is 3. The van der Waals surface area contributed by atoms with E-state index in [9.17, 15) is 4.79 Å². The van der Waals surface area contributed by atoms with E-state index < -0.39 is 0 Å². The number of aryl methyl sites for hydroxylation is 2. The van der Waals surface area contributed by atoms with Crippen molar-refractivity contribution >= 4 is 5.97 Å². The van der Waals surface area contributed by atoms with Gasteiger partial charge in [-0.05, 0) is 51.3 Å². The first kappa shape index (κ1) is 17.7. The highest BCUT2D eigenvalue weighted by Gasteiger charge is 2.15. The Hall–Kier alpha value is -1.35. The van der Waals surface area contributed by atoms with Crippen molar-refractivity contribution in [2.24, 2.45) is 0 Å². The number of esters is 1. The fourth-order valence-corrected chi connectivity index (χ4v) is 2.46. The zero-order valence-electron chi connectivity index (χ0n) is 13.9.